The number of hydrogen-bond donors (Lipinski definition) is 6. The van der Waals surface area contributed by atoms with Crippen LogP contribution in [-0.2, 0) is 93.8 Å². The number of phenols is 2. The number of aliphatic hydroxyl groups is 2. The van der Waals surface area contributed by atoms with Crippen molar-refractivity contribution >= 4 is 112 Å². The van der Waals surface area contributed by atoms with Gasteiger partial charge in [0.25, 0.3) is 0 Å². The van der Waals surface area contributed by atoms with Gasteiger partial charge in [-0.15, -0.1) is 0 Å². The van der Waals surface area contributed by atoms with E-state index in [0.29, 0.717) is 45.1 Å². The number of thioether (sulfide) groups is 2. The lowest BCUT2D eigenvalue weighted by molar-refractivity contribution is -0.165. The first-order chi connectivity index (χ1) is 69.0. The van der Waals surface area contributed by atoms with E-state index in [9.17, 15) is 87.9 Å². The number of fused-ring (bicyclic) bond motifs is 4. The predicted octanol–water partition coefficient (Wildman–Crippen LogP) is 19.7. The van der Waals surface area contributed by atoms with Gasteiger partial charge < -0.3 is 87.4 Å². The third-order valence-electron chi connectivity index (χ3n) is 29.0. The maximum absolute atomic E-state index is 13.7. The number of ether oxygens (including phenoxy) is 11. The average Bonchev–Trinajstić information content (AvgIpc) is 1.57. The Hall–Kier alpha value is -11.7. The van der Waals surface area contributed by atoms with Crippen molar-refractivity contribution in [2.24, 2.45) is 82.9 Å². The van der Waals surface area contributed by atoms with Crippen LogP contribution in [0.3, 0.4) is 0 Å². The summed E-state index contributed by atoms with van der Waals surface area (Å²) in [6.45, 7) is 55.3. The number of rotatable bonds is 43. The number of aliphatic hydroxyl groups excluding tert-OH is 2. The molecule has 4 fully saturated rings. The maximum atomic E-state index is 13.7. The van der Waals surface area contributed by atoms with E-state index in [1.807, 2.05) is 46.8 Å². The minimum atomic E-state index is -1.16. The van der Waals surface area contributed by atoms with E-state index in [0.717, 1.165) is 128 Å². The predicted molar refractivity (Wildman–Crippen MR) is 552 cm³/mol. The van der Waals surface area contributed by atoms with E-state index in [4.69, 9.17) is 52.1 Å². The van der Waals surface area contributed by atoms with E-state index in [2.05, 4.69) is 105 Å². The fourth-order valence-electron chi connectivity index (χ4n) is 22.0. The van der Waals surface area contributed by atoms with Gasteiger partial charge in [0.1, 0.15) is 104 Å². The molecule has 0 aromatic heterocycles. The van der Waals surface area contributed by atoms with E-state index >= 15 is 0 Å². The van der Waals surface area contributed by atoms with Crippen molar-refractivity contribution < 1.29 is 140 Å². The van der Waals surface area contributed by atoms with Crippen molar-refractivity contribution in [3.05, 3.63) is 215 Å². The average molecular weight is 2060 g/mol. The van der Waals surface area contributed by atoms with Gasteiger partial charge in [-0.3, -0.25) is 19.2 Å². The van der Waals surface area contributed by atoms with Crippen molar-refractivity contribution in [1.29, 1.82) is 0 Å². The summed E-state index contributed by atoms with van der Waals surface area (Å²) >= 11 is 6.05. The molecule has 10 aliphatic rings. The van der Waals surface area contributed by atoms with Gasteiger partial charge in [-0.25, -0.2) is 43.2 Å². The number of Topliss-reactive ketones (excluding diaryl/α,β-unsaturated/α-hetero) is 2. The Morgan fingerprint density at radius 3 is 1.21 bits per heavy atom. The Labute approximate surface area is 863 Å². The summed E-state index contributed by atoms with van der Waals surface area (Å²) in [6.07, 6.45) is 18.3. The molecule has 22 atom stereocenters. The number of allylic oxidation sites excluding steroid dienone is 6. The zero-order chi connectivity index (χ0) is 107. The van der Waals surface area contributed by atoms with Gasteiger partial charge >= 0.3 is 52.9 Å². The molecule has 5 N–H and O–H groups in total. The van der Waals surface area contributed by atoms with Crippen LogP contribution in [0.4, 0.5) is 24.0 Å². The Balaban J connectivity index is 0.000000224. The number of carbonyl (C=O) groups excluding carboxylic acids is 12. The second kappa shape index (κ2) is 53.6. The number of esters is 3. The third-order valence-corrected chi connectivity index (χ3v) is 30.9. The smallest absolute Gasteiger partial charge is 0.507 e. The van der Waals surface area contributed by atoms with E-state index in [-0.39, 0.29) is 180 Å². The number of ketones is 2. The highest BCUT2D eigenvalue weighted by Crippen LogP contribution is 2.60. The normalized spacial score (nSPS) is 25.6. The molecule has 4 aliphatic heterocycles. The first-order valence-electron chi connectivity index (χ1n) is 49.5. The van der Waals surface area contributed by atoms with Gasteiger partial charge in [0, 0.05) is 69.1 Å². The van der Waals surface area contributed by atoms with E-state index in [1.165, 1.54) is 57.4 Å². The van der Waals surface area contributed by atoms with Crippen LogP contribution in [0.5, 0.6) is 23.0 Å². The molecule has 34 heteroatoms. The number of phenolic OH excluding ortho intramolecular Hbond substituents is 2. The molecule has 788 valence electrons. The van der Waals surface area contributed by atoms with Crippen LogP contribution < -0.4 is 9.47 Å². The zero-order valence-electron chi connectivity index (χ0n) is 85.5. The summed E-state index contributed by atoms with van der Waals surface area (Å²) < 4.78 is 57.8. The number of aromatic hydroxyl groups is 2. The van der Waals surface area contributed by atoms with Crippen LogP contribution in [-0.4, -0.2) is 212 Å². The topological polar surface area (TPSA) is 431 Å². The molecule has 0 radical (unpaired) electrons. The number of nitrogens with zero attached hydrogens (tertiary/aromatic N) is 2. The number of unbranched alkanes of at least 4 members (excludes halogenated alkanes) is 4. The molecular formula is C111H142N2O29S3. The van der Waals surface area contributed by atoms with Crippen molar-refractivity contribution in [3.63, 3.8) is 0 Å². The number of carboxylic acid groups (broad SMARTS) is 1. The van der Waals surface area contributed by atoms with Gasteiger partial charge in [0.15, 0.2) is 0 Å². The lowest BCUT2D eigenvalue weighted by atomic mass is 9.59. The van der Waals surface area contributed by atoms with E-state index < -0.39 is 119 Å². The van der Waals surface area contributed by atoms with Crippen molar-refractivity contribution in [3.8, 4) is 23.0 Å². The molecule has 2 aromatic rings. The number of carboxylic acids is 1. The van der Waals surface area contributed by atoms with Gasteiger partial charge in [-0.05, 0) is 223 Å². The van der Waals surface area contributed by atoms with Gasteiger partial charge in [0.05, 0.1) is 54.4 Å². The van der Waals surface area contributed by atoms with Crippen LogP contribution in [0, 0.1) is 82.9 Å². The highest BCUT2D eigenvalue weighted by Gasteiger charge is 2.66. The van der Waals surface area contributed by atoms with Crippen LogP contribution in [0.25, 0.3) is 0 Å². The molecule has 2 aromatic carbocycles. The minimum Gasteiger partial charge on any atom is -0.507 e. The lowest BCUT2D eigenvalue weighted by Gasteiger charge is -2.47. The maximum Gasteiger partial charge on any atom is 0.508 e. The number of aliphatic carboxylic acids is 1. The molecule has 145 heavy (non-hydrogen) atoms. The second-order valence-corrected chi connectivity index (χ2v) is 40.7. The Bertz CT molecular complexity index is 5400. The Morgan fingerprint density at radius 1 is 0.490 bits per heavy atom. The standard InChI is InChI=1S/C41H52O9S.C34H44O7S.C18H23NO7.C18H23NO6S/c1-9-12-13-14-27-20-31(42)35(29-19-24(6)15-16-28(29)23(4)5)32(21-27)50-41(46)51-22-30-25(7)33-34(26(8)49-40(45)48-18-11-3)38(43)37(33)36(30)39(44)47-17-10-2;1-7-8-9-10-21-14-25(36)29(23-13-18(4)11-12-22(23)17(2)3)26(15-21)41-34(40)42-16-24-19(5)27-28(20(6)35)32(37)31(27)30(24)33(38)39;1-5-7-24-17(22)15-12(9-20)10(3)14-13(16(21)19(14)15)11(4)26-18(23)25-8-6-2;1-5-7-23-17(21)15-12(9-26)10(3)14-13(16(20)19(14)15)11(4)25-18(22)24-8-6-2/h10-11,19-21,25-26,28-29,33-34,37,42H,2-4,9,12-18,22H2,1,5-8H3;13-15,19-20,22-23,27-28,31,35-36H,2,7-12,16H2,1,3-6H3,(H,38,39);5-6,10-11,13-14,20H,1-2,7-9H2,3-4H3;5-6,10-11,13-14,26H,1-2,7-9H2,3-4H3/t25-,26+,28-,29+,33+,34+,37?;19-,20+,22-,23+,27+,28+,31?;2*10-,11+,13+,14+/m0000/s1. The fraction of sp³-hybridized carbons (Fsp3) is 0.523. The third kappa shape index (κ3) is 26.6. The summed E-state index contributed by atoms with van der Waals surface area (Å²) in [7, 11) is 0. The first-order valence-corrected chi connectivity index (χ1v) is 52.1. The van der Waals surface area contributed by atoms with Gasteiger partial charge in [0.2, 0.25) is 11.8 Å². The summed E-state index contributed by atoms with van der Waals surface area (Å²) in [5.41, 5.74) is 10.2. The molecule has 6 aliphatic carbocycles. The van der Waals surface area contributed by atoms with Crippen LogP contribution in [0.1, 0.15) is 195 Å². The molecule has 4 heterocycles. The number of benzene rings is 2. The van der Waals surface area contributed by atoms with Gasteiger partial charge in [-0.1, -0.05) is 191 Å². The van der Waals surface area contributed by atoms with E-state index in [1.54, 1.807) is 46.8 Å². The van der Waals surface area contributed by atoms with Crippen LogP contribution in [0.2, 0.25) is 0 Å². The number of carbonyl (C=O) groups is 13. The molecule has 31 nitrogen and oxygen atoms in total. The van der Waals surface area contributed by atoms with Crippen molar-refractivity contribution in [2.75, 3.05) is 63.5 Å². The Morgan fingerprint density at radius 2 is 0.841 bits per heavy atom. The summed E-state index contributed by atoms with van der Waals surface area (Å²) in [5.74, 6) is -8.60. The molecule has 0 bridgehead atoms. The number of aryl methyl sites for hydroxylation is 2. The molecular weight excluding hydrogens is 1920 g/mol. The van der Waals surface area contributed by atoms with Gasteiger partial charge in [-0.2, -0.15) is 12.6 Å². The monoisotopic (exact) mass is 2060 g/mol. The highest BCUT2D eigenvalue weighted by atomic mass is 32.2. The second-order valence-electron chi connectivity index (χ2n) is 38.5. The summed E-state index contributed by atoms with van der Waals surface area (Å²) in [5, 5.41) is 51.3. The van der Waals surface area contributed by atoms with Crippen LogP contribution in [0.15, 0.2) is 193 Å². The number of amides is 2. The Kier molecular flexibility index (Phi) is 43.2. The summed E-state index contributed by atoms with van der Waals surface area (Å²) in [4.78, 5) is 167. The first kappa shape index (κ1) is 117. The molecule has 0 spiro atoms. The molecule has 12 rings (SSSR count). The lowest BCUT2D eigenvalue weighted by Crippen LogP contribution is -2.64. The molecule has 2 saturated carbocycles. The molecule has 2 saturated heterocycles. The number of hydrogen-bond acceptors (Lipinski definition) is 31. The highest BCUT2D eigenvalue weighted by molar-refractivity contribution is 8.13. The van der Waals surface area contributed by atoms with Crippen molar-refractivity contribution in [1.82, 2.24) is 9.80 Å². The minimum absolute atomic E-state index is 0.000205. The van der Waals surface area contributed by atoms with Crippen molar-refractivity contribution in [2.45, 2.75) is 222 Å². The fourth-order valence-corrected chi connectivity index (χ4v) is 24.1. The SMILES string of the molecule is C=C(C)[C@@H]1CCC(C)=C[C@H]1c1c(O)cc(CCCCC)cc1OC(=O)SCC1=C(C(=O)O)C2C(=O)[C@H]([C@@H](C)O)[C@H]2[C@H]1C.C=CCOC(=O)O[C@H](C)[C@H]1C(=O)C2C(C(=O)OCC=C)=C(CSC(=O)Oc3cc(CCCCC)cc(O)c3[C@@H]3C=C(C)CC[C@H]3C(=C)C)[C@H](C)[C@@H]21.C=CCOC(=O)O[C@H](C)[C@H]1C(=O)N2C(C(=O)OCC=C)=C(CO)[C@H](C)[C@H]12.C=CCOC(=O)O[C@H](C)[C@H]1C(=O)N2C(C(=O)OCC=C)=C(CS)[C@H](C)[C@H]12. The zero-order valence-corrected chi connectivity index (χ0v) is 88.1. The largest absolute Gasteiger partial charge is 0.508 e. The number of β-lactam (4-membered cyclic amide) rings is 2. The number of thiol groups is 1. The van der Waals surface area contributed by atoms with Crippen LogP contribution >= 0.6 is 36.2 Å². The molecule has 2 amide bonds. The molecule has 2 unspecified atom stereocenters. The quantitative estimate of drug-likeness (QED) is 0.00897. The summed E-state index contributed by atoms with van der Waals surface area (Å²) in [6, 6.07) is 6.59.